The minimum Gasteiger partial charge on any atom is -0.451 e. The minimum absolute atomic E-state index is 0.0529. The molecule has 2 fully saturated rings. The van der Waals surface area contributed by atoms with E-state index in [0.717, 1.165) is 50.4 Å². The second-order valence-corrected chi connectivity index (χ2v) is 13.4. The van der Waals surface area contributed by atoms with E-state index in [1.54, 1.807) is 47.4 Å². The molecular weight excluding hydrogens is 649 g/mol. The van der Waals surface area contributed by atoms with Gasteiger partial charge in [-0.25, -0.2) is 9.37 Å². The second kappa shape index (κ2) is 13.1. The van der Waals surface area contributed by atoms with Crippen LogP contribution in [0.25, 0.3) is 11.3 Å². The Balaban J connectivity index is 0.972. The Kier molecular flexibility index (Phi) is 8.35. The first-order valence-electron chi connectivity index (χ1n) is 17.1. The van der Waals surface area contributed by atoms with E-state index >= 15 is 0 Å². The number of amides is 3. The fourth-order valence-corrected chi connectivity index (χ4v) is 7.21. The highest BCUT2D eigenvalue weighted by molar-refractivity contribution is 6.10. The number of hydrogen-bond donors (Lipinski definition) is 2. The van der Waals surface area contributed by atoms with Crippen molar-refractivity contribution in [3.8, 4) is 11.3 Å². The van der Waals surface area contributed by atoms with Gasteiger partial charge in [0.05, 0.1) is 16.9 Å². The van der Waals surface area contributed by atoms with Crippen LogP contribution in [0.15, 0.2) is 95.4 Å². The first-order chi connectivity index (χ1) is 24.8. The summed E-state index contributed by atoms with van der Waals surface area (Å²) < 4.78 is 25.8. The summed E-state index contributed by atoms with van der Waals surface area (Å²) in [5, 5.41) is 5.56. The fraction of sp³-hybridized carbons (Fsp3) is 0.250. The predicted octanol–water partition coefficient (Wildman–Crippen LogP) is 7.11. The number of nitrogens with one attached hydrogen (secondary N) is 2. The number of fused-ring (bicyclic) bond motifs is 3. The molecule has 3 aliphatic rings. The van der Waals surface area contributed by atoms with Gasteiger partial charge < -0.3 is 29.6 Å². The molecule has 3 amide bonds. The van der Waals surface area contributed by atoms with Crippen molar-refractivity contribution in [2.75, 3.05) is 53.3 Å². The van der Waals surface area contributed by atoms with Crippen molar-refractivity contribution in [1.29, 1.82) is 0 Å². The molecule has 8 rings (SSSR count). The number of ether oxygens (including phenoxy) is 1. The summed E-state index contributed by atoms with van der Waals surface area (Å²) in [4.78, 5) is 49.1. The van der Waals surface area contributed by atoms with Crippen LogP contribution in [0.4, 0.5) is 27.3 Å². The van der Waals surface area contributed by atoms with Gasteiger partial charge in [-0.05, 0) is 92.9 Å². The van der Waals surface area contributed by atoms with E-state index < -0.39 is 11.7 Å². The van der Waals surface area contributed by atoms with Gasteiger partial charge >= 0.3 is 0 Å². The molecule has 2 aromatic heterocycles. The molecule has 3 aliphatic heterocycles. The summed E-state index contributed by atoms with van der Waals surface area (Å²) in [6.45, 7) is 5.52. The molecule has 3 aromatic carbocycles. The lowest BCUT2D eigenvalue weighted by Gasteiger charge is -2.53. The van der Waals surface area contributed by atoms with E-state index in [-0.39, 0.29) is 28.7 Å². The molecule has 2 N–H and O–H groups in total. The van der Waals surface area contributed by atoms with Crippen LogP contribution in [0.1, 0.15) is 55.4 Å². The number of carbonyl (C=O) groups is 3. The van der Waals surface area contributed by atoms with Crippen LogP contribution in [-0.2, 0) is 11.2 Å². The Labute approximate surface area is 294 Å². The van der Waals surface area contributed by atoms with Gasteiger partial charge in [-0.15, -0.1) is 0 Å². The smallest absolute Gasteiger partial charge is 0.291 e. The van der Waals surface area contributed by atoms with Gasteiger partial charge in [-0.3, -0.25) is 14.4 Å². The van der Waals surface area contributed by atoms with Crippen LogP contribution in [0.2, 0.25) is 0 Å². The summed E-state index contributed by atoms with van der Waals surface area (Å²) >= 11 is 0. The first-order valence-corrected chi connectivity index (χ1v) is 17.1. The summed E-state index contributed by atoms with van der Waals surface area (Å²) in [7, 11) is 0. The third kappa shape index (κ3) is 6.25. The molecule has 51 heavy (non-hydrogen) atoms. The van der Waals surface area contributed by atoms with E-state index in [4.69, 9.17) is 14.1 Å². The lowest BCUT2D eigenvalue weighted by Crippen LogP contribution is -2.59. The zero-order valence-electron chi connectivity index (χ0n) is 28.1. The Hall–Kier alpha value is -5.81. The Morgan fingerprint density at radius 1 is 0.863 bits per heavy atom. The molecule has 10 nitrogen and oxygen atoms in total. The third-order valence-corrected chi connectivity index (χ3v) is 10.00. The molecule has 11 heteroatoms. The Morgan fingerprint density at radius 2 is 1.61 bits per heavy atom. The number of furan rings is 1. The van der Waals surface area contributed by atoms with Crippen molar-refractivity contribution in [1.82, 2.24) is 4.98 Å². The van der Waals surface area contributed by atoms with E-state index in [0.29, 0.717) is 52.6 Å². The number of rotatable bonds is 6. The van der Waals surface area contributed by atoms with E-state index in [1.807, 2.05) is 43.3 Å². The van der Waals surface area contributed by atoms with E-state index in [2.05, 4.69) is 15.5 Å². The number of hydrogen-bond acceptors (Lipinski definition) is 7. The standard InChI is InChI=1S/C40H36FN5O5/c1-25-10-15-30(36(42-25)45-23-40(24-45)17-20-50-21-18-40)37(47)43-28-13-11-26(12-14-28)39(49)46-19-16-27-22-34(38(48)44-32-8-4-3-7-31(32)41)51-35(27)29-6-2-5-9-33(29)46/h2-15,22H,16-21,23-24H2,1H3,(H,43,47)(H,44,48). The van der Waals surface area contributed by atoms with E-state index in [9.17, 15) is 18.8 Å². The average Bonchev–Trinajstić information content (AvgIpc) is 3.50. The highest BCUT2D eigenvalue weighted by atomic mass is 19.1. The number of anilines is 4. The van der Waals surface area contributed by atoms with Gasteiger partial charge in [0.2, 0.25) is 0 Å². The Morgan fingerprint density at radius 3 is 2.39 bits per heavy atom. The van der Waals surface area contributed by atoms with Gasteiger partial charge in [0.15, 0.2) is 5.76 Å². The van der Waals surface area contributed by atoms with Gasteiger partial charge in [-0.2, -0.15) is 0 Å². The van der Waals surface area contributed by atoms with Crippen molar-refractivity contribution in [3.05, 3.63) is 125 Å². The molecule has 0 bridgehead atoms. The van der Waals surface area contributed by atoms with Crippen LogP contribution in [0.5, 0.6) is 0 Å². The number of aryl methyl sites for hydroxylation is 1. The molecule has 5 heterocycles. The largest absolute Gasteiger partial charge is 0.451 e. The number of halogens is 1. The monoisotopic (exact) mass is 685 g/mol. The van der Waals surface area contributed by atoms with Crippen molar-refractivity contribution >= 4 is 40.6 Å². The number of nitrogens with zero attached hydrogens (tertiary/aromatic N) is 3. The Bertz CT molecular complexity index is 2150. The maximum absolute atomic E-state index is 14.2. The summed E-state index contributed by atoms with van der Waals surface area (Å²) in [6.07, 6.45) is 2.47. The van der Waals surface area contributed by atoms with Crippen LogP contribution >= 0.6 is 0 Å². The van der Waals surface area contributed by atoms with Crippen LogP contribution < -0.4 is 20.4 Å². The average molecular weight is 686 g/mol. The number of pyridine rings is 1. The molecule has 1 spiro atoms. The highest BCUT2D eigenvalue weighted by Gasteiger charge is 2.45. The lowest BCUT2D eigenvalue weighted by molar-refractivity contribution is -0.000519. The minimum atomic E-state index is -0.565. The second-order valence-electron chi connectivity index (χ2n) is 13.4. The number of benzene rings is 3. The molecule has 5 aromatic rings. The summed E-state index contributed by atoms with van der Waals surface area (Å²) in [5.41, 5.74) is 4.73. The molecule has 0 atom stereocenters. The molecular formula is C40H36FN5O5. The molecule has 0 radical (unpaired) electrons. The quantitative estimate of drug-likeness (QED) is 0.196. The molecule has 0 saturated carbocycles. The SMILES string of the molecule is Cc1ccc(C(=O)Nc2ccc(C(=O)N3CCc4cc(C(=O)Nc5ccccc5F)oc4-c4ccccc43)cc2)c(N2CC3(CCOCC3)C2)n1. The van der Waals surface area contributed by atoms with Gasteiger partial charge in [0.1, 0.15) is 17.4 Å². The number of aromatic nitrogens is 1. The van der Waals surface area contributed by atoms with Crippen molar-refractivity contribution in [3.63, 3.8) is 0 Å². The third-order valence-electron chi connectivity index (χ3n) is 10.00. The van der Waals surface area contributed by atoms with Crippen molar-refractivity contribution in [2.45, 2.75) is 26.2 Å². The predicted molar refractivity (Wildman–Crippen MR) is 192 cm³/mol. The fourth-order valence-electron chi connectivity index (χ4n) is 7.21. The normalized spacial score (nSPS) is 16.0. The first kappa shape index (κ1) is 32.4. The molecule has 0 unspecified atom stereocenters. The maximum Gasteiger partial charge on any atom is 0.291 e. The van der Waals surface area contributed by atoms with Crippen molar-refractivity contribution in [2.24, 2.45) is 5.41 Å². The molecule has 258 valence electrons. The highest BCUT2D eigenvalue weighted by Crippen LogP contribution is 2.43. The number of para-hydroxylation sites is 2. The molecule has 2 saturated heterocycles. The zero-order chi connectivity index (χ0) is 35.1. The topological polar surface area (TPSA) is 117 Å². The molecule has 0 aliphatic carbocycles. The summed E-state index contributed by atoms with van der Waals surface area (Å²) in [6, 6.07) is 25.5. The lowest BCUT2D eigenvalue weighted by atomic mass is 9.73. The summed E-state index contributed by atoms with van der Waals surface area (Å²) in [5.74, 6) is -0.356. The zero-order valence-corrected chi connectivity index (χ0v) is 28.1. The van der Waals surface area contributed by atoms with Crippen LogP contribution in [0, 0.1) is 18.2 Å². The maximum atomic E-state index is 14.2. The van der Waals surface area contributed by atoms with Gasteiger partial charge in [-0.1, -0.05) is 24.3 Å². The van der Waals surface area contributed by atoms with Crippen molar-refractivity contribution < 1.29 is 27.9 Å². The number of carbonyl (C=O) groups excluding carboxylic acids is 3. The van der Waals surface area contributed by atoms with Crippen LogP contribution in [0.3, 0.4) is 0 Å². The van der Waals surface area contributed by atoms with Gasteiger partial charge in [0, 0.05) is 66.3 Å². The van der Waals surface area contributed by atoms with Crippen LogP contribution in [-0.4, -0.2) is 55.6 Å². The van der Waals surface area contributed by atoms with E-state index in [1.165, 1.54) is 12.1 Å². The van der Waals surface area contributed by atoms with Gasteiger partial charge in [0.25, 0.3) is 17.7 Å².